The molecule has 2 heterocycles. The molecule has 4 aromatic carbocycles. The molecule has 6 N–H and O–H groups in total. The van der Waals surface area contributed by atoms with Gasteiger partial charge in [-0.1, -0.05) is 119 Å². The van der Waals surface area contributed by atoms with Crippen LogP contribution in [0.15, 0.2) is 109 Å². The number of aromatic hydroxyl groups is 2. The fraction of sp³-hybridized carbons (Fsp3) is 0.167. The van der Waals surface area contributed by atoms with Crippen LogP contribution in [0.5, 0.6) is 11.8 Å². The molecule has 0 spiro atoms. The number of para-hydroxylation sites is 2. The van der Waals surface area contributed by atoms with Crippen molar-refractivity contribution in [2.75, 3.05) is 0 Å². The minimum Gasteiger partial charge on any atom is -0.494 e. The number of fused-ring (bicyclic) bond motifs is 2. The first-order valence-electron chi connectivity index (χ1n) is 14.9. The summed E-state index contributed by atoms with van der Waals surface area (Å²) in [5, 5.41) is 22.9. The van der Waals surface area contributed by atoms with Crippen molar-refractivity contribution >= 4 is 55.2 Å². The van der Waals surface area contributed by atoms with E-state index >= 15 is 0 Å². The number of nitrogens with zero attached hydrogens (tertiary/aromatic N) is 2. The molecule has 0 saturated carbocycles. The summed E-state index contributed by atoms with van der Waals surface area (Å²) in [6.07, 6.45) is 0.322. The molecule has 0 aliphatic carbocycles. The third kappa shape index (κ3) is 6.45. The number of primary amides is 2. The molecular weight excluding hydrogens is 617 g/mol. The van der Waals surface area contributed by atoms with Crippen molar-refractivity contribution < 1.29 is 19.8 Å². The number of carbonyl (C=O) groups excluding carboxylic acids is 2. The molecule has 6 rings (SSSR count). The maximum absolute atomic E-state index is 12.7. The zero-order valence-electron chi connectivity index (χ0n) is 25.0. The highest BCUT2D eigenvalue weighted by Gasteiger charge is 2.29. The SMILES string of the molecule is NC(=O)C(Cc1c(O)n(Cc2ccccc2)c2ccccc12)SSC(Cc1c(O)n(Cc2ccccc2)c2ccccc12)C(N)=O. The van der Waals surface area contributed by atoms with Crippen molar-refractivity contribution in [3.63, 3.8) is 0 Å². The Balaban J connectivity index is 1.25. The lowest BCUT2D eigenvalue weighted by Crippen LogP contribution is -2.30. The highest BCUT2D eigenvalue weighted by molar-refractivity contribution is 8.77. The predicted molar refractivity (Wildman–Crippen MR) is 187 cm³/mol. The van der Waals surface area contributed by atoms with Gasteiger partial charge in [-0.05, 0) is 36.1 Å². The van der Waals surface area contributed by atoms with E-state index in [1.54, 1.807) is 0 Å². The lowest BCUT2D eigenvalue weighted by atomic mass is 10.1. The summed E-state index contributed by atoms with van der Waals surface area (Å²) in [5.41, 5.74) is 16.7. The number of hydrogen-bond acceptors (Lipinski definition) is 6. The van der Waals surface area contributed by atoms with E-state index in [9.17, 15) is 19.8 Å². The van der Waals surface area contributed by atoms with Gasteiger partial charge < -0.3 is 30.8 Å². The van der Waals surface area contributed by atoms with E-state index in [0.717, 1.165) is 54.5 Å². The fourth-order valence-electron chi connectivity index (χ4n) is 5.85. The zero-order chi connectivity index (χ0) is 32.2. The molecule has 2 amide bonds. The molecule has 0 bridgehead atoms. The van der Waals surface area contributed by atoms with Crippen LogP contribution in [-0.4, -0.2) is 41.7 Å². The Morgan fingerprint density at radius 1 is 0.565 bits per heavy atom. The number of carbonyl (C=O) groups is 2. The zero-order valence-corrected chi connectivity index (χ0v) is 26.6. The second-order valence-corrected chi connectivity index (χ2v) is 13.8. The third-order valence-corrected chi connectivity index (χ3v) is 11.3. The van der Waals surface area contributed by atoms with E-state index in [1.165, 1.54) is 0 Å². The summed E-state index contributed by atoms with van der Waals surface area (Å²) >= 11 is 0. The van der Waals surface area contributed by atoms with E-state index in [-0.39, 0.29) is 24.6 Å². The molecule has 0 aliphatic heterocycles. The standard InChI is InChI=1S/C36H34N4O4S2/c37-33(41)31(19-27-25-15-7-9-17-29(25)39(35(27)43)21-23-11-3-1-4-12-23)45-46-32(34(38)42)20-28-26-16-8-10-18-30(26)40(36(28)44)22-24-13-5-2-6-14-24/h1-18,31-32,43-44H,19-22H2,(H2,37,41)(H2,38,42). The maximum atomic E-state index is 12.7. The molecule has 2 aromatic heterocycles. The fourth-order valence-corrected chi connectivity index (χ4v) is 8.56. The van der Waals surface area contributed by atoms with Crippen molar-refractivity contribution in [2.24, 2.45) is 11.5 Å². The molecule has 234 valence electrons. The first-order chi connectivity index (χ1) is 22.3. The van der Waals surface area contributed by atoms with Crippen molar-refractivity contribution in [1.29, 1.82) is 0 Å². The van der Waals surface area contributed by atoms with Gasteiger partial charge in [0.05, 0.1) is 34.6 Å². The van der Waals surface area contributed by atoms with Crippen molar-refractivity contribution in [1.82, 2.24) is 9.13 Å². The minimum atomic E-state index is -0.762. The summed E-state index contributed by atoms with van der Waals surface area (Å²) in [4.78, 5) is 25.5. The molecule has 0 radical (unpaired) electrons. The normalized spacial score (nSPS) is 12.8. The molecule has 0 saturated heterocycles. The molecule has 2 atom stereocenters. The van der Waals surface area contributed by atoms with Gasteiger partial charge in [0.2, 0.25) is 11.8 Å². The van der Waals surface area contributed by atoms with Gasteiger partial charge in [-0.25, -0.2) is 0 Å². The first-order valence-corrected chi connectivity index (χ1v) is 17.2. The van der Waals surface area contributed by atoms with Gasteiger partial charge in [0.25, 0.3) is 0 Å². The number of rotatable bonds is 13. The average molecular weight is 651 g/mol. The highest BCUT2D eigenvalue weighted by Crippen LogP contribution is 2.41. The first kappa shape index (κ1) is 31.2. The number of nitrogens with two attached hydrogens (primary N) is 2. The van der Waals surface area contributed by atoms with Gasteiger partial charge in [0, 0.05) is 21.9 Å². The molecule has 2 unspecified atom stereocenters. The van der Waals surface area contributed by atoms with Gasteiger partial charge in [-0.15, -0.1) is 0 Å². The Morgan fingerprint density at radius 2 is 0.913 bits per heavy atom. The van der Waals surface area contributed by atoms with Crippen molar-refractivity contribution in [2.45, 2.75) is 36.4 Å². The van der Waals surface area contributed by atoms with Crippen LogP contribution in [-0.2, 0) is 35.5 Å². The Morgan fingerprint density at radius 3 is 1.28 bits per heavy atom. The van der Waals surface area contributed by atoms with Crippen LogP contribution in [0.3, 0.4) is 0 Å². The maximum Gasteiger partial charge on any atom is 0.231 e. The number of aromatic nitrogens is 2. The molecule has 6 aromatic rings. The Labute approximate surface area is 274 Å². The topological polar surface area (TPSA) is 136 Å². The summed E-state index contributed by atoms with van der Waals surface area (Å²) in [6.45, 7) is 0.920. The second-order valence-electron chi connectivity index (χ2n) is 11.2. The van der Waals surface area contributed by atoms with E-state index < -0.39 is 22.3 Å². The molecular formula is C36H34N4O4S2. The lowest BCUT2D eigenvalue weighted by molar-refractivity contribution is -0.118. The molecule has 0 fully saturated rings. The summed E-state index contributed by atoms with van der Waals surface area (Å²) < 4.78 is 3.66. The number of benzene rings is 4. The number of amides is 2. The molecule has 8 nitrogen and oxygen atoms in total. The van der Waals surface area contributed by atoms with Crippen LogP contribution >= 0.6 is 21.6 Å². The van der Waals surface area contributed by atoms with Crippen LogP contribution in [0.4, 0.5) is 0 Å². The van der Waals surface area contributed by atoms with E-state index in [1.807, 2.05) is 118 Å². The van der Waals surface area contributed by atoms with Gasteiger partial charge in [0.1, 0.15) is 0 Å². The molecule has 10 heteroatoms. The average Bonchev–Trinajstić information content (AvgIpc) is 3.48. The number of hydrogen-bond donors (Lipinski definition) is 4. The summed E-state index contributed by atoms with van der Waals surface area (Å²) in [5.74, 6) is -0.987. The molecule has 46 heavy (non-hydrogen) atoms. The lowest BCUT2D eigenvalue weighted by Gasteiger charge is -2.17. The summed E-state index contributed by atoms with van der Waals surface area (Å²) in [7, 11) is 2.33. The van der Waals surface area contributed by atoms with Crippen LogP contribution in [0, 0.1) is 0 Å². The van der Waals surface area contributed by atoms with Crippen LogP contribution in [0.1, 0.15) is 22.3 Å². The predicted octanol–water partition coefficient (Wildman–Crippen LogP) is 5.98. The van der Waals surface area contributed by atoms with E-state index in [0.29, 0.717) is 24.2 Å². The third-order valence-electron chi connectivity index (χ3n) is 8.16. The van der Waals surface area contributed by atoms with Gasteiger partial charge in [-0.2, -0.15) is 0 Å². The monoisotopic (exact) mass is 650 g/mol. The minimum absolute atomic E-state index is 0.0736. The van der Waals surface area contributed by atoms with Crippen LogP contribution in [0.25, 0.3) is 21.8 Å². The van der Waals surface area contributed by atoms with Crippen molar-refractivity contribution in [3.8, 4) is 11.8 Å². The van der Waals surface area contributed by atoms with Gasteiger partial charge >= 0.3 is 0 Å². The quantitative estimate of drug-likeness (QED) is 0.114. The largest absolute Gasteiger partial charge is 0.494 e. The van der Waals surface area contributed by atoms with Crippen LogP contribution in [0.2, 0.25) is 0 Å². The summed E-state index contributed by atoms with van der Waals surface area (Å²) in [6, 6.07) is 35.0. The van der Waals surface area contributed by atoms with Gasteiger partial charge in [0.15, 0.2) is 11.8 Å². The Hall–Kier alpha value is -4.80. The van der Waals surface area contributed by atoms with E-state index in [2.05, 4.69) is 0 Å². The highest BCUT2D eigenvalue weighted by atomic mass is 33.1. The van der Waals surface area contributed by atoms with E-state index in [4.69, 9.17) is 11.5 Å². The smallest absolute Gasteiger partial charge is 0.231 e. The Kier molecular flexibility index (Phi) is 9.28. The van der Waals surface area contributed by atoms with Crippen molar-refractivity contribution in [3.05, 3.63) is 131 Å². The second kappa shape index (κ2) is 13.7. The van der Waals surface area contributed by atoms with Crippen LogP contribution < -0.4 is 11.5 Å². The Bertz CT molecular complexity index is 1860. The van der Waals surface area contributed by atoms with Gasteiger partial charge in [-0.3, -0.25) is 9.59 Å². The molecule has 0 aliphatic rings.